The first-order valence-electron chi connectivity index (χ1n) is 7.62. The summed E-state index contributed by atoms with van der Waals surface area (Å²) in [6, 6.07) is 0. The van der Waals surface area contributed by atoms with E-state index in [1.54, 1.807) is 0 Å². The molecule has 0 aromatic heterocycles. The maximum Gasteiger partial charge on any atom is 0.154 e. The van der Waals surface area contributed by atoms with Crippen LogP contribution in [0.5, 0.6) is 0 Å². The lowest BCUT2D eigenvalue weighted by Gasteiger charge is -2.06. The third-order valence-electron chi connectivity index (χ3n) is 3.23. The summed E-state index contributed by atoms with van der Waals surface area (Å²) < 4.78 is 22.9. The van der Waals surface area contributed by atoms with Crippen LogP contribution in [0.3, 0.4) is 0 Å². The van der Waals surface area contributed by atoms with Gasteiger partial charge in [-0.25, -0.2) is 8.42 Å². The van der Waals surface area contributed by atoms with Crippen LogP contribution in [-0.2, 0) is 9.84 Å². The van der Waals surface area contributed by atoms with Gasteiger partial charge in [-0.05, 0) is 6.42 Å². The first-order chi connectivity index (χ1) is 8.98. The Morgan fingerprint density at radius 3 is 1.74 bits per heavy atom. The molecular formula is C14H31NO3S. The lowest BCUT2D eigenvalue weighted by molar-refractivity contribution is 0.205. The van der Waals surface area contributed by atoms with Crippen LogP contribution in [-0.4, -0.2) is 31.3 Å². The summed E-state index contributed by atoms with van der Waals surface area (Å²) in [5, 5.41) is 8.85. The molecule has 0 bridgehead atoms. The van der Waals surface area contributed by atoms with Crippen molar-refractivity contribution in [3.05, 3.63) is 0 Å². The molecule has 0 saturated carbocycles. The normalized spacial score (nSPS) is 13.6. The molecule has 0 radical (unpaired) electrons. The van der Waals surface area contributed by atoms with E-state index >= 15 is 0 Å². The van der Waals surface area contributed by atoms with E-state index in [1.807, 2.05) is 0 Å². The van der Waals surface area contributed by atoms with Gasteiger partial charge >= 0.3 is 0 Å². The summed E-state index contributed by atoms with van der Waals surface area (Å²) in [6.45, 7) is 2.22. The quantitative estimate of drug-likeness (QED) is 0.404. The van der Waals surface area contributed by atoms with Crippen LogP contribution in [0.15, 0.2) is 0 Å². The number of unbranched alkanes of at least 4 members (excludes halogenated alkanes) is 9. The zero-order valence-corrected chi connectivity index (χ0v) is 13.1. The van der Waals surface area contributed by atoms with Crippen molar-refractivity contribution in [2.24, 2.45) is 5.73 Å². The molecule has 116 valence electrons. The number of hydrogen-bond acceptors (Lipinski definition) is 4. The van der Waals surface area contributed by atoms with Gasteiger partial charge in [0.25, 0.3) is 0 Å². The largest absolute Gasteiger partial charge is 0.378 e. The van der Waals surface area contributed by atoms with Crippen molar-refractivity contribution in [3.63, 3.8) is 0 Å². The average Bonchev–Trinajstić information content (AvgIpc) is 2.30. The monoisotopic (exact) mass is 293 g/mol. The van der Waals surface area contributed by atoms with Crippen LogP contribution in [0.2, 0.25) is 0 Å². The van der Waals surface area contributed by atoms with Crippen LogP contribution in [0, 0.1) is 0 Å². The van der Waals surface area contributed by atoms with Gasteiger partial charge in [-0.15, -0.1) is 0 Å². The van der Waals surface area contributed by atoms with Crippen molar-refractivity contribution in [2.45, 2.75) is 77.4 Å². The van der Waals surface area contributed by atoms with Gasteiger partial charge in [0.2, 0.25) is 0 Å². The number of aliphatic hydroxyl groups is 1. The molecule has 5 heteroatoms. The standard InChI is InChI=1S/C14H31NO3S/c1-2-3-4-5-6-7-8-9-10-11-12-19(17,18)13-14(15)16/h14,16H,2-13,15H2,1H3. The Hall–Kier alpha value is -0.130. The molecule has 0 aromatic rings. The third kappa shape index (κ3) is 14.1. The van der Waals surface area contributed by atoms with Gasteiger partial charge in [0.1, 0.15) is 6.23 Å². The molecule has 0 rings (SSSR count). The first-order valence-corrected chi connectivity index (χ1v) is 9.44. The average molecular weight is 293 g/mol. The number of sulfone groups is 1. The number of nitrogens with two attached hydrogens (primary N) is 1. The highest BCUT2D eigenvalue weighted by Gasteiger charge is 2.13. The van der Waals surface area contributed by atoms with E-state index in [2.05, 4.69) is 6.92 Å². The van der Waals surface area contributed by atoms with E-state index in [-0.39, 0.29) is 11.5 Å². The van der Waals surface area contributed by atoms with Gasteiger partial charge in [0.15, 0.2) is 9.84 Å². The van der Waals surface area contributed by atoms with E-state index in [0.29, 0.717) is 6.42 Å². The predicted octanol–water partition coefficient (Wildman–Crippen LogP) is 2.60. The zero-order chi connectivity index (χ0) is 14.6. The Bertz CT molecular complexity index is 289. The molecule has 0 fully saturated rings. The Balaban J connectivity index is 3.31. The zero-order valence-electron chi connectivity index (χ0n) is 12.3. The van der Waals surface area contributed by atoms with Crippen molar-refractivity contribution in [1.82, 2.24) is 0 Å². The van der Waals surface area contributed by atoms with Crippen LogP contribution < -0.4 is 5.73 Å². The maximum absolute atomic E-state index is 11.4. The van der Waals surface area contributed by atoms with Gasteiger partial charge in [0.05, 0.1) is 11.5 Å². The summed E-state index contributed by atoms with van der Waals surface area (Å²) >= 11 is 0. The Labute approximate surface area is 118 Å². The second-order valence-corrected chi connectivity index (χ2v) is 7.59. The van der Waals surface area contributed by atoms with Crippen LogP contribution in [0.1, 0.15) is 71.1 Å². The van der Waals surface area contributed by atoms with Gasteiger partial charge in [-0.1, -0.05) is 64.7 Å². The summed E-state index contributed by atoms with van der Waals surface area (Å²) in [5.41, 5.74) is 5.07. The highest BCUT2D eigenvalue weighted by Crippen LogP contribution is 2.11. The Kier molecular flexibility index (Phi) is 11.6. The highest BCUT2D eigenvalue weighted by molar-refractivity contribution is 7.91. The fourth-order valence-corrected chi connectivity index (χ4v) is 3.48. The van der Waals surface area contributed by atoms with Crippen molar-refractivity contribution in [2.75, 3.05) is 11.5 Å². The molecule has 0 aliphatic carbocycles. The summed E-state index contributed by atoms with van der Waals surface area (Å²) in [7, 11) is -3.16. The molecule has 4 nitrogen and oxygen atoms in total. The molecule has 0 heterocycles. The Morgan fingerprint density at radius 2 is 1.32 bits per heavy atom. The lowest BCUT2D eigenvalue weighted by atomic mass is 10.1. The molecular weight excluding hydrogens is 262 g/mol. The van der Waals surface area contributed by atoms with Crippen molar-refractivity contribution in [1.29, 1.82) is 0 Å². The lowest BCUT2D eigenvalue weighted by Crippen LogP contribution is -2.30. The van der Waals surface area contributed by atoms with Crippen LogP contribution in [0.4, 0.5) is 0 Å². The maximum atomic E-state index is 11.4. The molecule has 1 unspecified atom stereocenters. The molecule has 0 spiro atoms. The molecule has 0 aliphatic heterocycles. The van der Waals surface area contributed by atoms with Crippen LogP contribution in [0.25, 0.3) is 0 Å². The van der Waals surface area contributed by atoms with Gasteiger partial charge in [0, 0.05) is 0 Å². The molecule has 3 N–H and O–H groups in total. The minimum absolute atomic E-state index is 0.151. The number of rotatable bonds is 13. The minimum atomic E-state index is -3.16. The number of hydrogen-bond donors (Lipinski definition) is 2. The summed E-state index contributed by atoms with van der Waals surface area (Å²) in [4.78, 5) is 0. The van der Waals surface area contributed by atoms with E-state index < -0.39 is 16.1 Å². The van der Waals surface area contributed by atoms with E-state index in [0.717, 1.165) is 12.8 Å². The van der Waals surface area contributed by atoms with E-state index in [1.165, 1.54) is 44.9 Å². The van der Waals surface area contributed by atoms with Gasteiger partial charge in [-0.3, -0.25) is 0 Å². The SMILES string of the molecule is CCCCCCCCCCCCS(=O)(=O)CC(N)O. The predicted molar refractivity (Wildman–Crippen MR) is 80.7 cm³/mol. The smallest absolute Gasteiger partial charge is 0.154 e. The van der Waals surface area contributed by atoms with Crippen molar-refractivity contribution < 1.29 is 13.5 Å². The second-order valence-electron chi connectivity index (χ2n) is 5.36. The highest BCUT2D eigenvalue weighted by atomic mass is 32.2. The summed E-state index contributed by atoms with van der Waals surface area (Å²) in [6.07, 6.45) is 10.6. The molecule has 19 heavy (non-hydrogen) atoms. The van der Waals surface area contributed by atoms with Crippen LogP contribution >= 0.6 is 0 Å². The topological polar surface area (TPSA) is 80.4 Å². The fourth-order valence-electron chi connectivity index (χ4n) is 2.15. The van der Waals surface area contributed by atoms with E-state index in [4.69, 9.17) is 10.8 Å². The molecule has 0 aliphatic rings. The summed E-state index contributed by atoms with van der Waals surface area (Å²) in [5.74, 6) is -0.164. The number of aliphatic hydroxyl groups excluding tert-OH is 1. The minimum Gasteiger partial charge on any atom is -0.378 e. The molecule has 0 aromatic carbocycles. The van der Waals surface area contributed by atoms with Crippen molar-refractivity contribution in [3.8, 4) is 0 Å². The van der Waals surface area contributed by atoms with Gasteiger partial charge in [-0.2, -0.15) is 0 Å². The fraction of sp³-hybridized carbons (Fsp3) is 1.00. The third-order valence-corrected chi connectivity index (χ3v) is 4.99. The molecule has 1 atom stereocenters. The van der Waals surface area contributed by atoms with Crippen molar-refractivity contribution >= 4 is 9.84 Å². The molecule has 0 amide bonds. The molecule has 0 saturated heterocycles. The second kappa shape index (κ2) is 11.7. The first kappa shape index (κ1) is 18.9. The van der Waals surface area contributed by atoms with E-state index in [9.17, 15) is 8.42 Å². The van der Waals surface area contributed by atoms with Gasteiger partial charge < -0.3 is 10.8 Å². The Morgan fingerprint density at radius 1 is 0.895 bits per heavy atom.